The number of ether oxygens (including phenoxy) is 3. The van der Waals surface area contributed by atoms with Gasteiger partial charge in [-0.25, -0.2) is 0 Å². The quantitative estimate of drug-likeness (QED) is 0.812. The van der Waals surface area contributed by atoms with E-state index >= 15 is 0 Å². The highest BCUT2D eigenvalue weighted by Crippen LogP contribution is 2.42. The van der Waals surface area contributed by atoms with Gasteiger partial charge in [-0.15, -0.1) is 0 Å². The highest BCUT2D eigenvalue weighted by molar-refractivity contribution is 5.83. The molecule has 2 aromatic carbocycles. The van der Waals surface area contributed by atoms with Crippen LogP contribution in [0.2, 0.25) is 0 Å². The zero-order valence-corrected chi connectivity index (χ0v) is 12.3. The number of benzene rings is 2. The summed E-state index contributed by atoms with van der Waals surface area (Å²) in [4.78, 5) is 22.2. The SMILES string of the molecule is O=Cc1ccc(Oc2ccc(C=O)c3c2CCO3)c2c1OCC2. The molecule has 5 nitrogen and oxygen atoms in total. The van der Waals surface area contributed by atoms with Gasteiger partial charge in [0.05, 0.1) is 24.3 Å². The monoisotopic (exact) mass is 310 g/mol. The number of hydrogen-bond donors (Lipinski definition) is 0. The average molecular weight is 310 g/mol. The van der Waals surface area contributed by atoms with E-state index in [1.54, 1.807) is 24.3 Å². The first-order valence-corrected chi connectivity index (χ1v) is 7.47. The molecule has 0 aromatic heterocycles. The van der Waals surface area contributed by atoms with E-state index in [0.717, 1.165) is 23.7 Å². The average Bonchev–Trinajstić information content (AvgIpc) is 3.25. The largest absolute Gasteiger partial charge is 0.492 e. The van der Waals surface area contributed by atoms with Crippen LogP contribution in [0.25, 0.3) is 0 Å². The minimum atomic E-state index is 0.537. The molecule has 0 spiro atoms. The minimum Gasteiger partial charge on any atom is -0.492 e. The third-order valence-electron chi connectivity index (χ3n) is 4.17. The van der Waals surface area contributed by atoms with Crippen molar-refractivity contribution in [2.24, 2.45) is 0 Å². The molecule has 0 atom stereocenters. The van der Waals surface area contributed by atoms with Crippen LogP contribution in [0, 0.1) is 0 Å². The fourth-order valence-corrected chi connectivity index (χ4v) is 3.08. The van der Waals surface area contributed by atoms with E-state index in [1.165, 1.54) is 0 Å². The van der Waals surface area contributed by atoms with Gasteiger partial charge in [0.2, 0.25) is 0 Å². The Morgan fingerprint density at radius 1 is 0.783 bits per heavy atom. The van der Waals surface area contributed by atoms with Crippen molar-refractivity contribution < 1.29 is 23.8 Å². The molecule has 2 heterocycles. The molecule has 23 heavy (non-hydrogen) atoms. The Morgan fingerprint density at radius 3 is 1.70 bits per heavy atom. The summed E-state index contributed by atoms with van der Waals surface area (Å²) in [7, 11) is 0. The molecular formula is C18H14O5. The highest BCUT2D eigenvalue weighted by atomic mass is 16.5. The van der Waals surface area contributed by atoms with Crippen LogP contribution in [0.15, 0.2) is 24.3 Å². The summed E-state index contributed by atoms with van der Waals surface area (Å²) < 4.78 is 17.2. The molecule has 116 valence electrons. The van der Waals surface area contributed by atoms with Crippen molar-refractivity contribution in [1.29, 1.82) is 0 Å². The number of aldehydes is 2. The van der Waals surface area contributed by atoms with Crippen LogP contribution in [0.1, 0.15) is 31.8 Å². The second-order valence-electron chi connectivity index (χ2n) is 5.46. The molecule has 0 N–H and O–H groups in total. The van der Waals surface area contributed by atoms with Gasteiger partial charge in [0, 0.05) is 24.0 Å². The van der Waals surface area contributed by atoms with Crippen molar-refractivity contribution >= 4 is 12.6 Å². The molecule has 0 radical (unpaired) electrons. The Hall–Kier alpha value is -2.82. The molecule has 4 rings (SSSR count). The van der Waals surface area contributed by atoms with Crippen LogP contribution in [-0.4, -0.2) is 25.8 Å². The smallest absolute Gasteiger partial charge is 0.153 e. The first-order valence-electron chi connectivity index (χ1n) is 7.47. The van der Waals surface area contributed by atoms with Crippen molar-refractivity contribution in [1.82, 2.24) is 0 Å². The fourth-order valence-electron chi connectivity index (χ4n) is 3.08. The minimum absolute atomic E-state index is 0.537. The first-order chi connectivity index (χ1) is 11.3. The first kappa shape index (κ1) is 13.8. The van der Waals surface area contributed by atoms with Crippen molar-refractivity contribution in [3.05, 3.63) is 46.5 Å². The molecular weight excluding hydrogens is 296 g/mol. The van der Waals surface area contributed by atoms with Gasteiger partial charge in [-0.3, -0.25) is 9.59 Å². The summed E-state index contributed by atoms with van der Waals surface area (Å²) in [5, 5.41) is 0. The van der Waals surface area contributed by atoms with Gasteiger partial charge in [0.15, 0.2) is 12.6 Å². The predicted molar refractivity (Wildman–Crippen MR) is 82.1 cm³/mol. The van der Waals surface area contributed by atoms with Crippen LogP contribution >= 0.6 is 0 Å². The van der Waals surface area contributed by atoms with E-state index < -0.39 is 0 Å². The number of carbonyl (C=O) groups is 2. The van der Waals surface area contributed by atoms with E-state index in [1.807, 2.05) is 0 Å². The van der Waals surface area contributed by atoms with E-state index in [2.05, 4.69) is 0 Å². The molecule has 0 saturated heterocycles. The lowest BCUT2D eigenvalue weighted by molar-refractivity contribution is 0.111. The lowest BCUT2D eigenvalue weighted by Crippen LogP contribution is -1.95. The Morgan fingerprint density at radius 2 is 1.26 bits per heavy atom. The van der Waals surface area contributed by atoms with Crippen molar-refractivity contribution in [2.45, 2.75) is 12.8 Å². The maximum Gasteiger partial charge on any atom is 0.153 e. The van der Waals surface area contributed by atoms with E-state index in [0.29, 0.717) is 60.2 Å². The summed E-state index contributed by atoms with van der Waals surface area (Å²) in [6.07, 6.45) is 2.99. The second kappa shape index (κ2) is 5.43. The zero-order chi connectivity index (χ0) is 15.8. The molecule has 0 fully saturated rings. The Kier molecular flexibility index (Phi) is 3.26. The van der Waals surface area contributed by atoms with Crippen LogP contribution in [0.3, 0.4) is 0 Å². The van der Waals surface area contributed by atoms with Gasteiger partial charge in [-0.2, -0.15) is 0 Å². The normalized spacial score (nSPS) is 14.4. The lowest BCUT2D eigenvalue weighted by Gasteiger charge is -2.13. The number of fused-ring (bicyclic) bond motifs is 2. The Bertz CT molecular complexity index is 742. The molecule has 0 saturated carbocycles. The Balaban J connectivity index is 1.76. The van der Waals surface area contributed by atoms with E-state index in [-0.39, 0.29) is 0 Å². The summed E-state index contributed by atoms with van der Waals surface area (Å²) in [6, 6.07) is 6.96. The number of rotatable bonds is 4. The van der Waals surface area contributed by atoms with Gasteiger partial charge >= 0.3 is 0 Å². The third-order valence-corrected chi connectivity index (χ3v) is 4.17. The van der Waals surface area contributed by atoms with Crippen molar-refractivity contribution in [3.63, 3.8) is 0 Å². The molecule has 0 aliphatic carbocycles. The van der Waals surface area contributed by atoms with Gasteiger partial charge in [-0.1, -0.05) is 0 Å². The summed E-state index contributed by atoms with van der Waals surface area (Å²) in [6.45, 7) is 1.09. The molecule has 0 amide bonds. The molecule has 2 aliphatic heterocycles. The molecule has 5 heteroatoms. The van der Waals surface area contributed by atoms with Gasteiger partial charge in [0.1, 0.15) is 23.0 Å². The van der Waals surface area contributed by atoms with Crippen LogP contribution in [0.4, 0.5) is 0 Å². The molecule has 2 aliphatic rings. The van der Waals surface area contributed by atoms with Gasteiger partial charge < -0.3 is 14.2 Å². The van der Waals surface area contributed by atoms with Gasteiger partial charge in [-0.05, 0) is 24.3 Å². The maximum absolute atomic E-state index is 11.1. The van der Waals surface area contributed by atoms with Crippen LogP contribution in [0.5, 0.6) is 23.0 Å². The molecule has 2 aromatic rings. The lowest BCUT2D eigenvalue weighted by atomic mass is 10.1. The predicted octanol–water partition coefficient (Wildman–Crippen LogP) is 2.97. The summed E-state index contributed by atoms with van der Waals surface area (Å²) in [5.41, 5.74) is 2.88. The molecule has 0 unspecified atom stereocenters. The fraction of sp³-hybridized carbons (Fsp3) is 0.222. The van der Waals surface area contributed by atoms with Crippen molar-refractivity contribution in [2.75, 3.05) is 13.2 Å². The number of carbonyl (C=O) groups excluding carboxylic acids is 2. The summed E-state index contributed by atoms with van der Waals surface area (Å²) in [5.74, 6) is 2.57. The standard InChI is InChI=1S/C18H14O5/c19-9-11-1-3-15(13-5-7-21-17(11)13)23-16-4-2-12(10-20)18-14(16)6-8-22-18/h1-4,9-10H,5-8H2. The molecule has 0 bridgehead atoms. The second-order valence-corrected chi connectivity index (χ2v) is 5.46. The van der Waals surface area contributed by atoms with E-state index in [4.69, 9.17) is 14.2 Å². The topological polar surface area (TPSA) is 61.8 Å². The number of hydrogen-bond acceptors (Lipinski definition) is 5. The Labute approximate surface area is 132 Å². The van der Waals surface area contributed by atoms with Gasteiger partial charge in [0.25, 0.3) is 0 Å². The highest BCUT2D eigenvalue weighted by Gasteiger charge is 2.25. The van der Waals surface area contributed by atoms with Crippen molar-refractivity contribution in [3.8, 4) is 23.0 Å². The van der Waals surface area contributed by atoms with Crippen LogP contribution < -0.4 is 14.2 Å². The van der Waals surface area contributed by atoms with Crippen LogP contribution in [-0.2, 0) is 12.8 Å². The van der Waals surface area contributed by atoms with E-state index in [9.17, 15) is 9.59 Å². The third kappa shape index (κ3) is 2.16. The zero-order valence-electron chi connectivity index (χ0n) is 12.3. The maximum atomic E-state index is 11.1. The summed E-state index contributed by atoms with van der Waals surface area (Å²) >= 11 is 0.